The van der Waals surface area contributed by atoms with Gasteiger partial charge in [0.25, 0.3) is 5.91 Å². The van der Waals surface area contributed by atoms with Crippen LogP contribution in [-0.2, 0) is 4.74 Å². The molecule has 1 heterocycles. The van der Waals surface area contributed by atoms with Gasteiger partial charge in [0.05, 0.1) is 22.8 Å². The second kappa shape index (κ2) is 7.61. The Kier molecular flexibility index (Phi) is 5.80. The molecule has 0 bridgehead atoms. The van der Waals surface area contributed by atoms with Crippen LogP contribution in [0.5, 0.6) is 0 Å². The van der Waals surface area contributed by atoms with Crippen LogP contribution in [0.15, 0.2) is 18.2 Å². The number of carbonyl (C=O) groups is 2. The van der Waals surface area contributed by atoms with E-state index in [0.29, 0.717) is 37.8 Å². The molecule has 120 valence electrons. The van der Waals surface area contributed by atoms with E-state index in [1.54, 1.807) is 4.90 Å². The van der Waals surface area contributed by atoms with E-state index in [-0.39, 0.29) is 16.5 Å². The number of hydrogen-bond acceptors (Lipinski definition) is 3. The highest BCUT2D eigenvalue weighted by molar-refractivity contribution is 6.34. The minimum atomic E-state index is -1.06. The number of hydrogen-bond donors (Lipinski definition) is 1. The SMILES string of the molecule is CCOCC1CCCN(C(=O)c2ccc(C(=O)O)cc2Cl)C1. The maximum absolute atomic E-state index is 12.6. The zero-order valence-corrected chi connectivity index (χ0v) is 13.3. The zero-order valence-electron chi connectivity index (χ0n) is 12.5. The molecule has 6 heteroatoms. The average molecular weight is 326 g/mol. The van der Waals surface area contributed by atoms with E-state index in [2.05, 4.69) is 0 Å². The number of nitrogens with zero attached hydrogens (tertiary/aromatic N) is 1. The number of benzene rings is 1. The fourth-order valence-corrected chi connectivity index (χ4v) is 2.92. The monoisotopic (exact) mass is 325 g/mol. The van der Waals surface area contributed by atoms with Crippen LogP contribution < -0.4 is 0 Å². The van der Waals surface area contributed by atoms with Gasteiger partial charge < -0.3 is 14.7 Å². The van der Waals surface area contributed by atoms with Crippen LogP contribution in [0.25, 0.3) is 0 Å². The number of piperidine rings is 1. The summed E-state index contributed by atoms with van der Waals surface area (Å²) in [6, 6.07) is 4.21. The van der Waals surface area contributed by atoms with Crippen molar-refractivity contribution in [3.63, 3.8) is 0 Å². The largest absolute Gasteiger partial charge is 0.478 e. The highest BCUT2D eigenvalue weighted by Gasteiger charge is 2.26. The van der Waals surface area contributed by atoms with Crippen molar-refractivity contribution < 1.29 is 19.4 Å². The molecule has 22 heavy (non-hydrogen) atoms. The van der Waals surface area contributed by atoms with Gasteiger partial charge in [0.15, 0.2) is 0 Å². The molecule has 0 aliphatic carbocycles. The fourth-order valence-electron chi connectivity index (χ4n) is 2.66. The van der Waals surface area contributed by atoms with Crippen molar-refractivity contribution in [1.29, 1.82) is 0 Å². The first kappa shape index (κ1) is 16.8. The number of likely N-dealkylation sites (tertiary alicyclic amines) is 1. The second-order valence-electron chi connectivity index (χ2n) is 5.42. The van der Waals surface area contributed by atoms with Gasteiger partial charge in [0, 0.05) is 19.7 Å². The van der Waals surface area contributed by atoms with E-state index < -0.39 is 5.97 Å². The number of carbonyl (C=O) groups excluding carboxylic acids is 1. The molecule has 1 N–H and O–H groups in total. The second-order valence-corrected chi connectivity index (χ2v) is 5.83. The Bertz CT molecular complexity index is 561. The Labute approximate surface area is 134 Å². The fraction of sp³-hybridized carbons (Fsp3) is 0.500. The summed E-state index contributed by atoms with van der Waals surface area (Å²) >= 11 is 6.07. The quantitative estimate of drug-likeness (QED) is 0.904. The minimum absolute atomic E-state index is 0.0782. The van der Waals surface area contributed by atoms with Gasteiger partial charge in [-0.15, -0.1) is 0 Å². The van der Waals surface area contributed by atoms with Gasteiger partial charge in [-0.3, -0.25) is 4.79 Å². The Morgan fingerprint density at radius 2 is 2.23 bits per heavy atom. The molecular weight excluding hydrogens is 306 g/mol. The summed E-state index contributed by atoms with van der Waals surface area (Å²) in [5, 5.41) is 9.11. The molecule has 0 saturated carbocycles. The van der Waals surface area contributed by atoms with Crippen molar-refractivity contribution in [2.45, 2.75) is 19.8 Å². The Hall–Kier alpha value is -1.59. The lowest BCUT2D eigenvalue weighted by molar-refractivity contribution is 0.0500. The van der Waals surface area contributed by atoms with Crippen LogP contribution in [0.2, 0.25) is 5.02 Å². The molecule has 1 aromatic carbocycles. The van der Waals surface area contributed by atoms with Crippen LogP contribution in [0, 0.1) is 5.92 Å². The number of carboxylic acid groups (broad SMARTS) is 1. The zero-order chi connectivity index (χ0) is 16.1. The molecule has 0 spiro atoms. The van der Waals surface area contributed by atoms with Gasteiger partial charge in [-0.1, -0.05) is 11.6 Å². The number of rotatable bonds is 5. The smallest absolute Gasteiger partial charge is 0.335 e. The Balaban J connectivity index is 2.09. The molecule has 2 rings (SSSR count). The van der Waals surface area contributed by atoms with Gasteiger partial charge >= 0.3 is 5.97 Å². The topological polar surface area (TPSA) is 66.8 Å². The maximum atomic E-state index is 12.6. The number of halogens is 1. The summed E-state index contributed by atoms with van der Waals surface area (Å²) in [4.78, 5) is 25.3. The van der Waals surface area contributed by atoms with E-state index in [4.69, 9.17) is 21.4 Å². The van der Waals surface area contributed by atoms with E-state index in [0.717, 1.165) is 12.8 Å². The standard InChI is InChI=1S/C16H20ClNO4/c1-2-22-10-11-4-3-7-18(9-11)15(19)13-6-5-12(16(20)21)8-14(13)17/h5-6,8,11H,2-4,7,9-10H2,1H3,(H,20,21). The van der Waals surface area contributed by atoms with Crippen LogP contribution in [0.1, 0.15) is 40.5 Å². The van der Waals surface area contributed by atoms with Crippen molar-refractivity contribution in [1.82, 2.24) is 4.90 Å². The summed E-state index contributed by atoms with van der Waals surface area (Å²) in [6.45, 7) is 4.63. The third-order valence-corrected chi connectivity index (χ3v) is 4.12. The molecule has 0 aromatic heterocycles. The van der Waals surface area contributed by atoms with Crippen molar-refractivity contribution in [2.75, 3.05) is 26.3 Å². The number of aromatic carboxylic acids is 1. The van der Waals surface area contributed by atoms with Crippen LogP contribution in [0.3, 0.4) is 0 Å². The maximum Gasteiger partial charge on any atom is 0.335 e. The number of carboxylic acids is 1. The van der Waals surface area contributed by atoms with Crippen molar-refractivity contribution >= 4 is 23.5 Å². The first-order valence-electron chi connectivity index (χ1n) is 7.42. The minimum Gasteiger partial charge on any atom is -0.478 e. The molecule has 1 aliphatic rings. The molecule has 0 radical (unpaired) electrons. The summed E-state index contributed by atoms with van der Waals surface area (Å²) in [6.07, 6.45) is 1.99. The van der Waals surface area contributed by atoms with Crippen LogP contribution in [0.4, 0.5) is 0 Å². The van der Waals surface area contributed by atoms with E-state index in [1.165, 1.54) is 18.2 Å². The van der Waals surface area contributed by atoms with Crippen molar-refractivity contribution in [3.05, 3.63) is 34.3 Å². The molecule has 1 atom stereocenters. The van der Waals surface area contributed by atoms with Gasteiger partial charge in [-0.25, -0.2) is 4.79 Å². The van der Waals surface area contributed by atoms with Gasteiger partial charge in [0.1, 0.15) is 0 Å². The predicted octanol–water partition coefficient (Wildman–Crippen LogP) is 2.93. The van der Waals surface area contributed by atoms with Gasteiger partial charge in [0.2, 0.25) is 0 Å². The van der Waals surface area contributed by atoms with Gasteiger partial charge in [-0.2, -0.15) is 0 Å². The normalized spacial score (nSPS) is 18.3. The molecule has 5 nitrogen and oxygen atoms in total. The molecule has 1 saturated heterocycles. The molecule has 1 aromatic rings. The highest BCUT2D eigenvalue weighted by Crippen LogP contribution is 2.23. The third-order valence-electron chi connectivity index (χ3n) is 3.81. The van der Waals surface area contributed by atoms with Crippen LogP contribution >= 0.6 is 11.6 Å². The first-order chi connectivity index (χ1) is 10.5. The first-order valence-corrected chi connectivity index (χ1v) is 7.80. The average Bonchev–Trinajstić information content (AvgIpc) is 2.52. The molecule has 1 fully saturated rings. The van der Waals surface area contributed by atoms with Crippen molar-refractivity contribution in [2.24, 2.45) is 5.92 Å². The van der Waals surface area contributed by atoms with E-state index in [9.17, 15) is 9.59 Å². The Morgan fingerprint density at radius 1 is 1.45 bits per heavy atom. The van der Waals surface area contributed by atoms with E-state index in [1.807, 2.05) is 6.92 Å². The summed E-state index contributed by atoms with van der Waals surface area (Å²) < 4.78 is 5.44. The summed E-state index contributed by atoms with van der Waals surface area (Å²) in [5.74, 6) is -0.867. The third kappa shape index (κ3) is 3.99. The highest BCUT2D eigenvalue weighted by atomic mass is 35.5. The van der Waals surface area contributed by atoms with Gasteiger partial charge in [-0.05, 0) is 43.9 Å². The number of amides is 1. The predicted molar refractivity (Wildman–Crippen MR) is 83.5 cm³/mol. The molecule has 1 unspecified atom stereocenters. The summed E-state index contributed by atoms with van der Waals surface area (Å²) in [5.41, 5.74) is 0.429. The lowest BCUT2D eigenvalue weighted by atomic mass is 9.98. The molecule has 1 aliphatic heterocycles. The molecule has 1 amide bonds. The molecular formula is C16H20ClNO4. The number of ether oxygens (including phenoxy) is 1. The lowest BCUT2D eigenvalue weighted by Crippen LogP contribution is -2.41. The lowest BCUT2D eigenvalue weighted by Gasteiger charge is -2.32. The van der Waals surface area contributed by atoms with Crippen molar-refractivity contribution in [3.8, 4) is 0 Å². The van der Waals surface area contributed by atoms with E-state index >= 15 is 0 Å². The van der Waals surface area contributed by atoms with Crippen LogP contribution in [-0.4, -0.2) is 48.2 Å². The Morgan fingerprint density at radius 3 is 2.86 bits per heavy atom. The summed E-state index contributed by atoms with van der Waals surface area (Å²) in [7, 11) is 0.